The quantitative estimate of drug-likeness (QED) is 0.488. The molecule has 0 aliphatic rings. The van der Waals surface area contributed by atoms with E-state index < -0.39 is 0 Å². The van der Waals surface area contributed by atoms with Crippen LogP contribution in [0.1, 0.15) is 18.4 Å². The van der Waals surface area contributed by atoms with Gasteiger partial charge in [0.25, 0.3) is 0 Å². The summed E-state index contributed by atoms with van der Waals surface area (Å²) in [7, 11) is 0. The lowest BCUT2D eigenvalue weighted by Gasteiger charge is -1.99. The van der Waals surface area contributed by atoms with Gasteiger partial charge in [0.15, 0.2) is 0 Å². The van der Waals surface area contributed by atoms with Gasteiger partial charge in [-0.2, -0.15) is 0 Å². The Labute approximate surface area is 78.9 Å². The van der Waals surface area contributed by atoms with Crippen LogP contribution in [0.4, 0.5) is 0 Å². The second-order valence-electron chi connectivity index (χ2n) is 2.81. The second-order valence-corrected chi connectivity index (χ2v) is 3.25. The van der Waals surface area contributed by atoms with Crippen LogP contribution in [0.15, 0.2) is 36.9 Å². The molecule has 0 atom stereocenters. The van der Waals surface area contributed by atoms with Gasteiger partial charge in [-0.25, -0.2) is 0 Å². The molecule has 12 heavy (non-hydrogen) atoms. The number of benzene rings is 1. The molecular formula is C11H13Cl. The molecule has 0 amide bonds. The van der Waals surface area contributed by atoms with Crippen molar-refractivity contribution in [2.45, 2.75) is 19.3 Å². The van der Waals surface area contributed by atoms with Crippen LogP contribution < -0.4 is 0 Å². The fourth-order valence-corrected chi connectivity index (χ4v) is 1.36. The Kier molecular flexibility index (Phi) is 3.89. The summed E-state index contributed by atoms with van der Waals surface area (Å²) in [6.07, 6.45) is 5.27. The minimum atomic E-state index is 0.825. The van der Waals surface area contributed by atoms with Crippen LogP contribution in [0.5, 0.6) is 0 Å². The van der Waals surface area contributed by atoms with Gasteiger partial charge in [-0.05, 0) is 37.0 Å². The van der Waals surface area contributed by atoms with Crippen molar-refractivity contribution in [1.82, 2.24) is 0 Å². The van der Waals surface area contributed by atoms with Crippen molar-refractivity contribution in [2.75, 3.05) is 0 Å². The first-order valence-electron chi connectivity index (χ1n) is 4.18. The van der Waals surface area contributed by atoms with Gasteiger partial charge < -0.3 is 0 Å². The van der Waals surface area contributed by atoms with Crippen molar-refractivity contribution in [1.29, 1.82) is 0 Å². The molecule has 0 heterocycles. The van der Waals surface area contributed by atoms with Gasteiger partial charge in [0.05, 0.1) is 0 Å². The van der Waals surface area contributed by atoms with Crippen LogP contribution in [-0.2, 0) is 6.42 Å². The van der Waals surface area contributed by atoms with E-state index in [4.69, 9.17) is 11.6 Å². The summed E-state index contributed by atoms with van der Waals surface area (Å²) >= 11 is 5.84. The number of unbranched alkanes of at least 4 members (excludes halogenated alkanes) is 1. The Morgan fingerprint density at radius 1 is 1.42 bits per heavy atom. The summed E-state index contributed by atoms with van der Waals surface area (Å²) in [6, 6.07) is 8.02. The molecule has 0 saturated heterocycles. The van der Waals surface area contributed by atoms with Gasteiger partial charge in [0, 0.05) is 5.02 Å². The van der Waals surface area contributed by atoms with Gasteiger partial charge >= 0.3 is 0 Å². The number of rotatable bonds is 4. The van der Waals surface area contributed by atoms with Crippen molar-refractivity contribution in [3.63, 3.8) is 0 Å². The number of hydrogen-bond acceptors (Lipinski definition) is 0. The highest BCUT2D eigenvalue weighted by atomic mass is 35.5. The Morgan fingerprint density at radius 2 is 2.25 bits per heavy atom. The number of hydrogen-bond donors (Lipinski definition) is 0. The van der Waals surface area contributed by atoms with E-state index in [1.165, 1.54) is 5.56 Å². The lowest BCUT2D eigenvalue weighted by Crippen LogP contribution is -1.83. The van der Waals surface area contributed by atoms with Crippen LogP contribution >= 0.6 is 11.6 Å². The molecule has 0 spiro atoms. The molecule has 0 aliphatic heterocycles. The highest BCUT2D eigenvalue weighted by Gasteiger charge is 1.92. The third kappa shape index (κ3) is 3.10. The van der Waals surface area contributed by atoms with Crippen LogP contribution in [0, 0.1) is 0 Å². The molecule has 1 heteroatoms. The molecule has 0 N–H and O–H groups in total. The maximum absolute atomic E-state index is 5.84. The van der Waals surface area contributed by atoms with E-state index in [0.717, 1.165) is 24.3 Å². The summed E-state index contributed by atoms with van der Waals surface area (Å²) in [5.74, 6) is 0. The Hall–Kier alpha value is -0.750. The SMILES string of the molecule is C=CCCCc1cccc(Cl)c1. The van der Waals surface area contributed by atoms with Crippen LogP contribution in [0.3, 0.4) is 0 Å². The van der Waals surface area contributed by atoms with E-state index in [1.807, 2.05) is 24.3 Å². The molecule has 0 aromatic heterocycles. The summed E-state index contributed by atoms with van der Waals surface area (Å²) in [5.41, 5.74) is 1.31. The van der Waals surface area contributed by atoms with E-state index in [9.17, 15) is 0 Å². The highest BCUT2D eigenvalue weighted by molar-refractivity contribution is 6.30. The lowest BCUT2D eigenvalue weighted by molar-refractivity contribution is 0.844. The molecule has 0 radical (unpaired) electrons. The molecule has 0 unspecified atom stereocenters. The molecule has 0 aliphatic carbocycles. The van der Waals surface area contributed by atoms with Gasteiger partial charge in [0.2, 0.25) is 0 Å². The molecule has 0 saturated carbocycles. The highest BCUT2D eigenvalue weighted by Crippen LogP contribution is 2.12. The van der Waals surface area contributed by atoms with E-state index in [0.29, 0.717) is 0 Å². The zero-order chi connectivity index (χ0) is 8.81. The molecule has 0 nitrogen and oxygen atoms in total. The third-order valence-corrected chi connectivity index (χ3v) is 2.00. The van der Waals surface area contributed by atoms with E-state index in [2.05, 4.69) is 12.6 Å². The van der Waals surface area contributed by atoms with Gasteiger partial charge in [0.1, 0.15) is 0 Å². The average molecular weight is 181 g/mol. The monoisotopic (exact) mass is 180 g/mol. The minimum absolute atomic E-state index is 0.825. The van der Waals surface area contributed by atoms with Crippen molar-refractivity contribution in [2.24, 2.45) is 0 Å². The summed E-state index contributed by atoms with van der Waals surface area (Å²) in [5, 5.41) is 0.825. The van der Waals surface area contributed by atoms with E-state index >= 15 is 0 Å². The van der Waals surface area contributed by atoms with Crippen molar-refractivity contribution in [3.8, 4) is 0 Å². The molecule has 1 aromatic carbocycles. The van der Waals surface area contributed by atoms with Crippen LogP contribution in [0.25, 0.3) is 0 Å². The molecule has 0 bridgehead atoms. The van der Waals surface area contributed by atoms with Crippen LogP contribution in [0.2, 0.25) is 5.02 Å². The number of halogens is 1. The van der Waals surface area contributed by atoms with Gasteiger partial charge in [-0.3, -0.25) is 0 Å². The zero-order valence-corrected chi connectivity index (χ0v) is 7.85. The fraction of sp³-hybridized carbons (Fsp3) is 0.273. The molecule has 0 fully saturated rings. The van der Waals surface area contributed by atoms with Crippen molar-refractivity contribution >= 4 is 11.6 Å². The van der Waals surface area contributed by atoms with E-state index in [-0.39, 0.29) is 0 Å². The maximum atomic E-state index is 5.84. The predicted molar refractivity (Wildman–Crippen MR) is 54.6 cm³/mol. The maximum Gasteiger partial charge on any atom is 0.0408 e. The summed E-state index contributed by atoms with van der Waals surface area (Å²) in [6.45, 7) is 3.68. The topological polar surface area (TPSA) is 0 Å². The third-order valence-electron chi connectivity index (χ3n) is 1.76. The van der Waals surface area contributed by atoms with Gasteiger partial charge in [-0.15, -0.1) is 6.58 Å². The summed E-state index contributed by atoms with van der Waals surface area (Å²) < 4.78 is 0. The number of aryl methyl sites for hydroxylation is 1. The van der Waals surface area contributed by atoms with Crippen LogP contribution in [-0.4, -0.2) is 0 Å². The second kappa shape index (κ2) is 5.00. The Morgan fingerprint density at radius 3 is 2.92 bits per heavy atom. The zero-order valence-electron chi connectivity index (χ0n) is 7.09. The molecular weight excluding hydrogens is 168 g/mol. The first-order chi connectivity index (χ1) is 5.83. The molecule has 1 rings (SSSR count). The first kappa shape index (κ1) is 9.34. The average Bonchev–Trinajstić information content (AvgIpc) is 2.05. The fourth-order valence-electron chi connectivity index (χ4n) is 1.14. The van der Waals surface area contributed by atoms with Crippen molar-refractivity contribution in [3.05, 3.63) is 47.5 Å². The van der Waals surface area contributed by atoms with E-state index in [1.54, 1.807) is 0 Å². The lowest BCUT2D eigenvalue weighted by atomic mass is 10.1. The van der Waals surface area contributed by atoms with Gasteiger partial charge in [-0.1, -0.05) is 29.8 Å². The first-order valence-corrected chi connectivity index (χ1v) is 4.56. The molecule has 64 valence electrons. The Bertz CT molecular complexity index is 253. The van der Waals surface area contributed by atoms with Crippen molar-refractivity contribution < 1.29 is 0 Å². The normalized spacial score (nSPS) is 9.75. The smallest absolute Gasteiger partial charge is 0.0408 e. The number of allylic oxidation sites excluding steroid dienone is 1. The Balaban J connectivity index is 2.46. The predicted octanol–water partition coefficient (Wildman–Crippen LogP) is 3.85. The summed E-state index contributed by atoms with van der Waals surface area (Å²) in [4.78, 5) is 0. The standard InChI is InChI=1S/C11H13Cl/c1-2-3-4-6-10-7-5-8-11(12)9-10/h2,5,7-9H,1,3-4,6H2. The largest absolute Gasteiger partial charge is 0.103 e. The minimum Gasteiger partial charge on any atom is -0.103 e. The molecule has 1 aromatic rings.